The third-order valence-corrected chi connectivity index (χ3v) is 5.70. The van der Waals surface area contributed by atoms with Crippen LogP contribution < -0.4 is 27.2 Å². The van der Waals surface area contributed by atoms with Crippen molar-refractivity contribution in [3.63, 3.8) is 0 Å². The maximum absolute atomic E-state index is 13.1. The van der Waals surface area contributed by atoms with Crippen LogP contribution >= 0.6 is 0 Å². The molecular formula is C21H37N5O3. The normalized spacial score (nSPS) is 19.5. The SMILES string of the molecule is CCCCN(C(=O)CNC1CCCCC1C)c1c(N)n(CC(C)C)c(=O)[nH]c1=O. The molecule has 29 heavy (non-hydrogen) atoms. The Labute approximate surface area is 172 Å². The number of nitrogens with zero attached hydrogens (tertiary/aromatic N) is 2. The van der Waals surface area contributed by atoms with Crippen molar-refractivity contribution in [3.8, 4) is 0 Å². The average Bonchev–Trinajstić information content (AvgIpc) is 2.66. The van der Waals surface area contributed by atoms with Crippen LogP contribution in [0.25, 0.3) is 0 Å². The number of rotatable bonds is 9. The number of hydrogen-bond acceptors (Lipinski definition) is 5. The van der Waals surface area contributed by atoms with E-state index in [9.17, 15) is 14.4 Å². The van der Waals surface area contributed by atoms with Gasteiger partial charge in [0, 0.05) is 19.1 Å². The highest BCUT2D eigenvalue weighted by atomic mass is 16.2. The van der Waals surface area contributed by atoms with Crippen LogP contribution in [0.5, 0.6) is 0 Å². The third-order valence-electron chi connectivity index (χ3n) is 5.70. The van der Waals surface area contributed by atoms with Crippen molar-refractivity contribution < 1.29 is 4.79 Å². The molecule has 2 atom stereocenters. The van der Waals surface area contributed by atoms with Crippen LogP contribution in [0.4, 0.5) is 11.5 Å². The molecule has 164 valence electrons. The van der Waals surface area contributed by atoms with Crippen LogP contribution in [0.1, 0.15) is 66.2 Å². The summed E-state index contributed by atoms with van der Waals surface area (Å²) in [7, 11) is 0. The van der Waals surface area contributed by atoms with Crippen molar-refractivity contribution in [2.24, 2.45) is 11.8 Å². The molecule has 8 heteroatoms. The fourth-order valence-electron chi connectivity index (χ4n) is 4.00. The Morgan fingerprint density at radius 1 is 1.31 bits per heavy atom. The molecule has 8 nitrogen and oxygen atoms in total. The minimum atomic E-state index is -0.608. The van der Waals surface area contributed by atoms with Gasteiger partial charge in [-0.1, -0.05) is 47.0 Å². The quantitative estimate of drug-likeness (QED) is 0.580. The fraction of sp³-hybridized carbons (Fsp3) is 0.762. The summed E-state index contributed by atoms with van der Waals surface area (Å²) in [6.07, 6.45) is 6.25. The van der Waals surface area contributed by atoms with E-state index in [2.05, 4.69) is 17.2 Å². The molecule has 2 unspecified atom stereocenters. The lowest BCUT2D eigenvalue weighted by Gasteiger charge is -2.31. The Balaban J connectivity index is 2.30. The summed E-state index contributed by atoms with van der Waals surface area (Å²) < 4.78 is 1.35. The van der Waals surface area contributed by atoms with Gasteiger partial charge in [0.1, 0.15) is 5.82 Å². The van der Waals surface area contributed by atoms with Crippen LogP contribution in [-0.2, 0) is 11.3 Å². The maximum atomic E-state index is 13.1. The number of aromatic nitrogens is 2. The molecule has 0 bridgehead atoms. The van der Waals surface area contributed by atoms with Crippen molar-refractivity contribution in [2.75, 3.05) is 23.7 Å². The standard InChI is InChI=1S/C21H37N5O3/c1-5-6-11-25(17(27)12-23-16-10-8-7-9-15(16)4)18-19(22)26(13-14(2)3)21(29)24-20(18)28/h14-16,23H,5-13,22H2,1-4H3,(H,24,28,29). The lowest BCUT2D eigenvalue weighted by Crippen LogP contribution is -2.47. The number of carbonyl (C=O) groups is 1. The summed E-state index contributed by atoms with van der Waals surface area (Å²) in [5.74, 6) is 0.566. The highest BCUT2D eigenvalue weighted by Gasteiger charge is 2.26. The Bertz CT molecular complexity index is 798. The van der Waals surface area contributed by atoms with Crippen molar-refractivity contribution >= 4 is 17.4 Å². The predicted octanol–water partition coefficient (Wildman–Crippen LogP) is 2.08. The van der Waals surface area contributed by atoms with Gasteiger partial charge in [0.25, 0.3) is 5.56 Å². The van der Waals surface area contributed by atoms with E-state index in [1.165, 1.54) is 22.3 Å². The van der Waals surface area contributed by atoms with Crippen LogP contribution in [0.2, 0.25) is 0 Å². The lowest BCUT2D eigenvalue weighted by atomic mass is 9.86. The Morgan fingerprint density at radius 2 is 2.00 bits per heavy atom. The molecule has 0 spiro atoms. The zero-order valence-corrected chi connectivity index (χ0v) is 18.3. The van der Waals surface area contributed by atoms with Gasteiger partial charge in [-0.25, -0.2) is 4.79 Å². The monoisotopic (exact) mass is 407 g/mol. The van der Waals surface area contributed by atoms with Gasteiger partial charge in [-0.3, -0.25) is 19.1 Å². The van der Waals surface area contributed by atoms with Gasteiger partial charge in [-0.05, 0) is 31.1 Å². The number of unbranched alkanes of at least 4 members (excludes halogenated alkanes) is 1. The molecule has 1 aliphatic carbocycles. The first kappa shape index (κ1) is 23.2. The zero-order valence-electron chi connectivity index (χ0n) is 18.3. The number of H-pyrrole nitrogens is 1. The topological polar surface area (TPSA) is 113 Å². The molecule has 1 aromatic rings. The number of nitrogens with two attached hydrogens (primary N) is 1. The van der Waals surface area contributed by atoms with Crippen LogP contribution in [0.15, 0.2) is 9.59 Å². The Hall–Kier alpha value is -2.09. The largest absolute Gasteiger partial charge is 0.383 e. The fourth-order valence-corrected chi connectivity index (χ4v) is 4.00. The van der Waals surface area contributed by atoms with Crippen molar-refractivity contribution in [1.82, 2.24) is 14.9 Å². The number of nitrogens with one attached hydrogen (secondary N) is 2. The highest BCUT2D eigenvalue weighted by molar-refractivity contribution is 5.96. The molecule has 0 aliphatic heterocycles. The van der Waals surface area contributed by atoms with E-state index >= 15 is 0 Å². The van der Waals surface area contributed by atoms with E-state index in [-0.39, 0.29) is 29.9 Å². The van der Waals surface area contributed by atoms with E-state index in [1.807, 2.05) is 20.8 Å². The van der Waals surface area contributed by atoms with Gasteiger partial charge in [0.2, 0.25) is 5.91 Å². The summed E-state index contributed by atoms with van der Waals surface area (Å²) in [5, 5.41) is 3.38. The molecule has 1 fully saturated rings. The minimum absolute atomic E-state index is 0.0583. The average molecular weight is 408 g/mol. The lowest BCUT2D eigenvalue weighted by molar-refractivity contribution is -0.118. The minimum Gasteiger partial charge on any atom is -0.383 e. The molecule has 0 saturated heterocycles. The highest BCUT2D eigenvalue weighted by Crippen LogP contribution is 2.24. The van der Waals surface area contributed by atoms with E-state index in [0.717, 1.165) is 25.7 Å². The van der Waals surface area contributed by atoms with Crippen LogP contribution in [0.3, 0.4) is 0 Å². The van der Waals surface area contributed by atoms with Crippen molar-refractivity contribution in [1.29, 1.82) is 0 Å². The summed E-state index contributed by atoms with van der Waals surface area (Å²) in [6, 6.07) is 0.311. The van der Waals surface area contributed by atoms with Gasteiger partial charge in [0.05, 0.1) is 6.54 Å². The van der Waals surface area contributed by atoms with Gasteiger partial charge in [-0.15, -0.1) is 0 Å². The first-order chi connectivity index (χ1) is 13.8. The molecule has 1 saturated carbocycles. The number of carbonyl (C=O) groups excluding carboxylic acids is 1. The first-order valence-corrected chi connectivity index (χ1v) is 10.9. The van der Waals surface area contributed by atoms with Crippen LogP contribution in [0, 0.1) is 11.8 Å². The molecule has 4 N–H and O–H groups in total. The van der Waals surface area contributed by atoms with Gasteiger partial charge < -0.3 is 16.0 Å². The van der Waals surface area contributed by atoms with Crippen LogP contribution in [-0.4, -0.2) is 34.6 Å². The third kappa shape index (κ3) is 5.95. The molecule has 1 aromatic heterocycles. The first-order valence-electron chi connectivity index (χ1n) is 10.9. The number of nitrogen functional groups attached to an aromatic ring is 1. The molecule has 0 aromatic carbocycles. The van der Waals surface area contributed by atoms with E-state index < -0.39 is 11.2 Å². The van der Waals surface area contributed by atoms with Gasteiger partial charge in [-0.2, -0.15) is 0 Å². The molecule has 0 radical (unpaired) electrons. The number of anilines is 2. The Morgan fingerprint density at radius 3 is 2.62 bits per heavy atom. The van der Waals surface area contributed by atoms with Gasteiger partial charge >= 0.3 is 5.69 Å². The summed E-state index contributed by atoms with van der Waals surface area (Å²) in [5.41, 5.74) is 5.17. The zero-order chi connectivity index (χ0) is 21.6. The number of aromatic amines is 1. The molecule has 1 aliphatic rings. The smallest absolute Gasteiger partial charge is 0.330 e. The molecular weight excluding hydrogens is 370 g/mol. The molecule has 2 rings (SSSR count). The Kier molecular flexibility index (Phi) is 8.49. The summed E-state index contributed by atoms with van der Waals surface area (Å²) in [4.78, 5) is 41.7. The maximum Gasteiger partial charge on any atom is 0.330 e. The van der Waals surface area contributed by atoms with E-state index in [1.54, 1.807) is 0 Å². The summed E-state index contributed by atoms with van der Waals surface area (Å²) in [6.45, 7) is 9.09. The second-order valence-electron chi connectivity index (χ2n) is 8.65. The predicted molar refractivity (Wildman–Crippen MR) is 117 cm³/mol. The van der Waals surface area contributed by atoms with Crippen molar-refractivity contribution in [3.05, 3.63) is 20.8 Å². The second-order valence-corrected chi connectivity index (χ2v) is 8.65. The second kappa shape index (κ2) is 10.6. The van der Waals surface area contributed by atoms with Gasteiger partial charge in [0.15, 0.2) is 5.69 Å². The number of hydrogen-bond donors (Lipinski definition) is 3. The number of amides is 1. The van der Waals surface area contributed by atoms with E-state index in [0.29, 0.717) is 25.0 Å². The van der Waals surface area contributed by atoms with E-state index in [4.69, 9.17) is 5.73 Å². The molecule has 1 amide bonds. The summed E-state index contributed by atoms with van der Waals surface area (Å²) >= 11 is 0. The van der Waals surface area contributed by atoms with Crippen molar-refractivity contribution in [2.45, 2.75) is 78.8 Å². The molecule has 1 heterocycles.